The van der Waals surface area contributed by atoms with E-state index < -0.39 is 0 Å². The van der Waals surface area contributed by atoms with E-state index in [-0.39, 0.29) is 17.3 Å². The molecule has 0 atom stereocenters. The number of benzene rings is 2. The molecule has 0 saturated carbocycles. The van der Waals surface area contributed by atoms with E-state index in [4.69, 9.17) is 4.42 Å². The van der Waals surface area contributed by atoms with Gasteiger partial charge in [-0.3, -0.25) is 10.1 Å². The highest BCUT2D eigenvalue weighted by Gasteiger charge is 2.16. The van der Waals surface area contributed by atoms with E-state index in [0.717, 1.165) is 11.1 Å². The largest absolute Gasteiger partial charge is 0.403 e. The summed E-state index contributed by atoms with van der Waals surface area (Å²) in [5, 5.41) is 10.5. The molecular weight excluding hydrogens is 314 g/mol. The number of hydrogen-bond acceptors (Lipinski definition) is 4. The first-order valence-corrected chi connectivity index (χ1v) is 8.15. The molecule has 128 valence electrons. The van der Waals surface area contributed by atoms with Crippen LogP contribution in [0.4, 0.5) is 6.01 Å². The number of aryl methyl sites for hydroxylation is 1. The van der Waals surface area contributed by atoms with Gasteiger partial charge in [-0.2, -0.15) is 0 Å². The van der Waals surface area contributed by atoms with Gasteiger partial charge in [0.05, 0.1) is 0 Å². The zero-order valence-electron chi connectivity index (χ0n) is 14.8. The molecule has 0 aliphatic carbocycles. The van der Waals surface area contributed by atoms with E-state index in [2.05, 4.69) is 36.3 Å². The fourth-order valence-electron chi connectivity index (χ4n) is 2.38. The average molecular weight is 335 g/mol. The van der Waals surface area contributed by atoms with Crippen LogP contribution in [0.3, 0.4) is 0 Å². The van der Waals surface area contributed by atoms with Crippen molar-refractivity contribution < 1.29 is 9.21 Å². The van der Waals surface area contributed by atoms with E-state index in [0.29, 0.717) is 11.5 Å². The molecule has 0 spiro atoms. The van der Waals surface area contributed by atoms with Crippen LogP contribution in [-0.4, -0.2) is 16.1 Å². The van der Waals surface area contributed by atoms with Gasteiger partial charge in [-0.1, -0.05) is 55.7 Å². The lowest BCUT2D eigenvalue weighted by Gasteiger charge is -2.18. The average Bonchev–Trinajstić information content (AvgIpc) is 3.03. The summed E-state index contributed by atoms with van der Waals surface area (Å²) in [6.07, 6.45) is 0. The van der Waals surface area contributed by atoms with Crippen LogP contribution < -0.4 is 5.32 Å². The Morgan fingerprint density at radius 3 is 2.20 bits per heavy atom. The van der Waals surface area contributed by atoms with Crippen LogP contribution in [0, 0.1) is 6.92 Å². The number of nitrogens with one attached hydrogen (secondary N) is 1. The summed E-state index contributed by atoms with van der Waals surface area (Å²) in [7, 11) is 0. The molecule has 0 bridgehead atoms. The van der Waals surface area contributed by atoms with Gasteiger partial charge in [-0.15, -0.1) is 5.10 Å². The molecule has 0 fully saturated rings. The predicted molar refractivity (Wildman–Crippen MR) is 97.6 cm³/mol. The van der Waals surface area contributed by atoms with Crippen LogP contribution in [0.5, 0.6) is 0 Å². The number of carbonyl (C=O) groups excluding carboxylic acids is 1. The first-order chi connectivity index (χ1) is 11.8. The summed E-state index contributed by atoms with van der Waals surface area (Å²) in [5.41, 5.74) is 3.72. The highest BCUT2D eigenvalue weighted by Crippen LogP contribution is 2.23. The minimum absolute atomic E-state index is 0.0461. The lowest BCUT2D eigenvalue weighted by atomic mass is 9.87. The van der Waals surface area contributed by atoms with Crippen LogP contribution in [0.15, 0.2) is 52.9 Å². The van der Waals surface area contributed by atoms with Crippen molar-refractivity contribution in [2.45, 2.75) is 33.1 Å². The molecule has 5 nitrogen and oxygen atoms in total. The second-order valence-corrected chi connectivity index (χ2v) is 7.06. The molecule has 0 aliphatic rings. The van der Waals surface area contributed by atoms with E-state index in [1.165, 1.54) is 5.56 Å². The van der Waals surface area contributed by atoms with E-state index in [1.54, 1.807) is 12.1 Å². The molecule has 0 aliphatic heterocycles. The lowest BCUT2D eigenvalue weighted by molar-refractivity contribution is 0.102. The molecule has 1 heterocycles. The Kier molecular flexibility index (Phi) is 4.40. The predicted octanol–water partition coefficient (Wildman–Crippen LogP) is 4.59. The Hall–Kier alpha value is -2.95. The van der Waals surface area contributed by atoms with Crippen molar-refractivity contribution >= 4 is 11.9 Å². The topological polar surface area (TPSA) is 68.0 Å². The van der Waals surface area contributed by atoms with Gasteiger partial charge in [0, 0.05) is 11.1 Å². The molecule has 0 saturated heterocycles. The Bertz CT molecular complexity index is 873. The molecule has 25 heavy (non-hydrogen) atoms. The quantitative estimate of drug-likeness (QED) is 0.760. The van der Waals surface area contributed by atoms with Crippen molar-refractivity contribution in [2.24, 2.45) is 0 Å². The van der Waals surface area contributed by atoms with Crippen LogP contribution in [0.1, 0.15) is 42.3 Å². The maximum absolute atomic E-state index is 12.3. The van der Waals surface area contributed by atoms with Gasteiger partial charge in [-0.05, 0) is 42.2 Å². The van der Waals surface area contributed by atoms with Crippen LogP contribution in [0.25, 0.3) is 11.5 Å². The SMILES string of the molecule is Cc1ccc(-c2nnc(NC(=O)c3ccc(C(C)(C)C)cc3)o2)cc1. The Morgan fingerprint density at radius 2 is 1.60 bits per heavy atom. The summed E-state index contributed by atoms with van der Waals surface area (Å²) < 4.78 is 5.53. The Balaban J connectivity index is 1.72. The Labute approximate surface area is 147 Å². The number of amides is 1. The normalized spacial score (nSPS) is 11.4. The molecule has 3 aromatic rings. The second kappa shape index (κ2) is 6.51. The summed E-state index contributed by atoms with van der Waals surface area (Å²) >= 11 is 0. The van der Waals surface area contributed by atoms with Crippen molar-refractivity contribution in [3.8, 4) is 11.5 Å². The zero-order chi connectivity index (χ0) is 18.0. The van der Waals surface area contributed by atoms with Gasteiger partial charge >= 0.3 is 6.01 Å². The summed E-state index contributed by atoms with van der Waals surface area (Å²) in [4.78, 5) is 12.3. The summed E-state index contributed by atoms with van der Waals surface area (Å²) in [5.74, 6) is 0.0953. The van der Waals surface area contributed by atoms with E-state index in [9.17, 15) is 4.79 Å². The molecule has 0 unspecified atom stereocenters. The first kappa shape index (κ1) is 16.9. The fraction of sp³-hybridized carbons (Fsp3) is 0.250. The minimum Gasteiger partial charge on any atom is -0.403 e. The third kappa shape index (κ3) is 3.94. The molecular formula is C20H21N3O2. The van der Waals surface area contributed by atoms with Crippen LogP contribution in [0.2, 0.25) is 0 Å². The smallest absolute Gasteiger partial charge is 0.322 e. The van der Waals surface area contributed by atoms with Crippen molar-refractivity contribution in [1.82, 2.24) is 10.2 Å². The van der Waals surface area contributed by atoms with Crippen molar-refractivity contribution in [3.63, 3.8) is 0 Å². The third-order valence-electron chi connectivity index (χ3n) is 3.96. The van der Waals surface area contributed by atoms with Crippen LogP contribution in [-0.2, 0) is 5.41 Å². The number of carbonyl (C=O) groups is 1. The van der Waals surface area contributed by atoms with Gasteiger partial charge < -0.3 is 4.42 Å². The summed E-state index contributed by atoms with van der Waals surface area (Å²) in [6, 6.07) is 15.3. The number of anilines is 1. The number of rotatable bonds is 3. The minimum atomic E-state index is -0.278. The third-order valence-corrected chi connectivity index (χ3v) is 3.96. The molecule has 5 heteroatoms. The fourth-order valence-corrected chi connectivity index (χ4v) is 2.38. The zero-order valence-corrected chi connectivity index (χ0v) is 14.8. The maximum Gasteiger partial charge on any atom is 0.322 e. The summed E-state index contributed by atoms with van der Waals surface area (Å²) in [6.45, 7) is 8.40. The van der Waals surface area contributed by atoms with Gasteiger partial charge in [0.2, 0.25) is 5.89 Å². The molecule has 2 aromatic carbocycles. The number of nitrogens with zero attached hydrogens (tertiary/aromatic N) is 2. The molecule has 3 rings (SSSR count). The van der Waals surface area contributed by atoms with Gasteiger partial charge in [-0.25, -0.2) is 0 Å². The lowest BCUT2D eigenvalue weighted by Crippen LogP contribution is -2.14. The molecule has 0 radical (unpaired) electrons. The molecule has 1 aromatic heterocycles. The van der Waals surface area contributed by atoms with E-state index >= 15 is 0 Å². The number of aromatic nitrogens is 2. The van der Waals surface area contributed by atoms with Gasteiger partial charge in [0.25, 0.3) is 5.91 Å². The molecule has 1 N–H and O–H groups in total. The highest BCUT2D eigenvalue weighted by molar-refractivity contribution is 6.03. The second-order valence-electron chi connectivity index (χ2n) is 7.06. The van der Waals surface area contributed by atoms with Crippen molar-refractivity contribution in [1.29, 1.82) is 0 Å². The van der Waals surface area contributed by atoms with Crippen LogP contribution >= 0.6 is 0 Å². The van der Waals surface area contributed by atoms with Gasteiger partial charge in [0.1, 0.15) is 0 Å². The maximum atomic E-state index is 12.3. The van der Waals surface area contributed by atoms with Crippen molar-refractivity contribution in [2.75, 3.05) is 5.32 Å². The molecule has 1 amide bonds. The standard InChI is InChI=1S/C20H21N3O2/c1-13-5-7-15(8-6-13)18-22-23-19(25-18)21-17(24)14-9-11-16(12-10-14)20(2,3)4/h5-12H,1-4H3,(H,21,23,24). The van der Waals surface area contributed by atoms with Gasteiger partial charge in [0.15, 0.2) is 0 Å². The monoisotopic (exact) mass is 335 g/mol. The van der Waals surface area contributed by atoms with Crippen molar-refractivity contribution in [3.05, 3.63) is 65.2 Å². The highest BCUT2D eigenvalue weighted by atomic mass is 16.4. The number of hydrogen-bond donors (Lipinski definition) is 1. The van der Waals surface area contributed by atoms with E-state index in [1.807, 2.05) is 43.3 Å². The Morgan fingerprint density at radius 1 is 0.960 bits per heavy atom. The first-order valence-electron chi connectivity index (χ1n) is 8.15.